The molecule has 2 rings (SSSR count). The van der Waals surface area contributed by atoms with Gasteiger partial charge in [-0.1, -0.05) is 42.8 Å². The first-order chi connectivity index (χ1) is 11.6. The number of ether oxygens (including phenoxy) is 2. The van der Waals surface area contributed by atoms with E-state index in [0.29, 0.717) is 19.6 Å². The van der Waals surface area contributed by atoms with Gasteiger partial charge in [0.1, 0.15) is 0 Å². The summed E-state index contributed by atoms with van der Waals surface area (Å²) in [4.78, 5) is 0. The minimum absolute atomic E-state index is 0.447. The highest BCUT2D eigenvalue weighted by molar-refractivity contribution is 5.43. The molecule has 0 heterocycles. The highest BCUT2D eigenvalue weighted by atomic mass is 16.5. The van der Waals surface area contributed by atoms with Crippen LogP contribution in [0.15, 0.2) is 42.5 Å². The molecule has 0 aliphatic heterocycles. The molecule has 130 valence electrons. The molecule has 0 bridgehead atoms. The molecule has 1 N–H and O–H groups in total. The number of benzene rings is 2. The van der Waals surface area contributed by atoms with E-state index >= 15 is 0 Å². The number of aliphatic hydroxyl groups is 1. The SMILES string of the molecule is CCCOc1ccc(CCC(O)c2ccc(C)cc2)cc1OCC. The van der Waals surface area contributed by atoms with Crippen LogP contribution in [0.5, 0.6) is 11.5 Å². The Morgan fingerprint density at radius 1 is 0.958 bits per heavy atom. The topological polar surface area (TPSA) is 38.7 Å². The Balaban J connectivity index is 2.00. The molecule has 0 radical (unpaired) electrons. The molecular weight excluding hydrogens is 300 g/mol. The van der Waals surface area contributed by atoms with Gasteiger partial charge in [0.2, 0.25) is 0 Å². The smallest absolute Gasteiger partial charge is 0.161 e. The van der Waals surface area contributed by atoms with E-state index < -0.39 is 6.10 Å². The number of rotatable bonds is 9. The molecule has 24 heavy (non-hydrogen) atoms. The Bertz CT molecular complexity index is 619. The van der Waals surface area contributed by atoms with Crippen molar-refractivity contribution in [2.75, 3.05) is 13.2 Å². The molecule has 3 heteroatoms. The molecule has 2 aromatic rings. The largest absolute Gasteiger partial charge is 0.490 e. The minimum Gasteiger partial charge on any atom is -0.490 e. The molecule has 0 saturated heterocycles. The Kier molecular flexibility index (Phi) is 7.13. The fourth-order valence-electron chi connectivity index (χ4n) is 2.57. The Hall–Kier alpha value is -2.00. The van der Waals surface area contributed by atoms with Gasteiger partial charge in [0.15, 0.2) is 11.5 Å². The summed E-state index contributed by atoms with van der Waals surface area (Å²) < 4.78 is 11.4. The molecule has 3 nitrogen and oxygen atoms in total. The summed E-state index contributed by atoms with van der Waals surface area (Å²) in [6.07, 6.45) is 2.00. The lowest BCUT2D eigenvalue weighted by Crippen LogP contribution is -2.02. The van der Waals surface area contributed by atoms with Crippen LogP contribution in [0.4, 0.5) is 0 Å². The number of aryl methyl sites for hydroxylation is 2. The third kappa shape index (κ3) is 5.27. The first kappa shape index (κ1) is 18.3. The van der Waals surface area contributed by atoms with E-state index in [2.05, 4.69) is 13.0 Å². The van der Waals surface area contributed by atoms with Crippen molar-refractivity contribution in [3.05, 3.63) is 59.2 Å². The van der Waals surface area contributed by atoms with Crippen LogP contribution in [0.2, 0.25) is 0 Å². The van der Waals surface area contributed by atoms with Crippen LogP contribution in [-0.4, -0.2) is 18.3 Å². The quantitative estimate of drug-likeness (QED) is 0.715. The van der Waals surface area contributed by atoms with Crippen LogP contribution < -0.4 is 9.47 Å². The van der Waals surface area contributed by atoms with E-state index in [9.17, 15) is 5.11 Å². The van der Waals surface area contributed by atoms with Gasteiger partial charge in [-0.05, 0) is 56.4 Å². The van der Waals surface area contributed by atoms with Crippen LogP contribution in [0.25, 0.3) is 0 Å². The maximum Gasteiger partial charge on any atom is 0.161 e. The van der Waals surface area contributed by atoms with Crippen molar-refractivity contribution >= 4 is 0 Å². The van der Waals surface area contributed by atoms with Gasteiger partial charge in [-0.2, -0.15) is 0 Å². The normalized spacial score (nSPS) is 12.0. The Labute approximate surface area is 145 Å². The van der Waals surface area contributed by atoms with Crippen LogP contribution in [-0.2, 0) is 6.42 Å². The van der Waals surface area contributed by atoms with E-state index in [4.69, 9.17) is 9.47 Å². The average Bonchev–Trinajstić information content (AvgIpc) is 2.59. The van der Waals surface area contributed by atoms with Crippen LogP contribution in [0.3, 0.4) is 0 Å². The van der Waals surface area contributed by atoms with Gasteiger partial charge in [-0.25, -0.2) is 0 Å². The van der Waals surface area contributed by atoms with E-state index in [1.807, 2.05) is 50.2 Å². The zero-order valence-corrected chi connectivity index (χ0v) is 14.9. The van der Waals surface area contributed by atoms with E-state index in [-0.39, 0.29) is 0 Å². The van der Waals surface area contributed by atoms with Crippen LogP contribution in [0.1, 0.15) is 49.5 Å². The maximum atomic E-state index is 10.4. The van der Waals surface area contributed by atoms with Gasteiger partial charge in [-0.3, -0.25) is 0 Å². The standard InChI is InChI=1S/C21H28O3/c1-4-14-24-20-13-9-17(15-21(20)23-5-2)8-12-19(22)18-10-6-16(3)7-11-18/h6-7,9-11,13,15,19,22H,4-5,8,12,14H2,1-3H3. The summed E-state index contributed by atoms with van der Waals surface area (Å²) in [5, 5.41) is 10.4. The highest BCUT2D eigenvalue weighted by Gasteiger charge is 2.10. The molecule has 0 aliphatic rings. The van der Waals surface area contributed by atoms with Crippen molar-refractivity contribution < 1.29 is 14.6 Å². The van der Waals surface area contributed by atoms with E-state index in [0.717, 1.165) is 35.5 Å². The minimum atomic E-state index is -0.447. The predicted octanol–water partition coefficient (Wildman–Crippen LogP) is 4.85. The maximum absolute atomic E-state index is 10.4. The third-order valence-electron chi connectivity index (χ3n) is 3.94. The predicted molar refractivity (Wildman–Crippen MR) is 97.9 cm³/mol. The summed E-state index contributed by atoms with van der Waals surface area (Å²) in [5.74, 6) is 1.58. The Morgan fingerprint density at radius 2 is 1.71 bits per heavy atom. The lowest BCUT2D eigenvalue weighted by atomic mass is 10.0. The van der Waals surface area contributed by atoms with Crippen LogP contribution >= 0.6 is 0 Å². The van der Waals surface area contributed by atoms with Gasteiger partial charge >= 0.3 is 0 Å². The molecular formula is C21H28O3. The van der Waals surface area contributed by atoms with Crippen molar-refractivity contribution in [2.24, 2.45) is 0 Å². The summed E-state index contributed by atoms with van der Waals surface area (Å²) in [7, 11) is 0. The zero-order valence-electron chi connectivity index (χ0n) is 14.9. The van der Waals surface area contributed by atoms with Crippen LogP contribution in [0, 0.1) is 6.92 Å². The number of aliphatic hydroxyl groups excluding tert-OH is 1. The highest BCUT2D eigenvalue weighted by Crippen LogP contribution is 2.30. The lowest BCUT2D eigenvalue weighted by molar-refractivity contribution is 0.168. The molecule has 1 atom stereocenters. The van der Waals surface area contributed by atoms with Gasteiger partial charge in [0, 0.05) is 0 Å². The monoisotopic (exact) mass is 328 g/mol. The second-order valence-corrected chi connectivity index (χ2v) is 6.03. The molecule has 2 aromatic carbocycles. The van der Waals surface area contributed by atoms with Gasteiger partial charge in [0.05, 0.1) is 19.3 Å². The van der Waals surface area contributed by atoms with Crippen molar-refractivity contribution in [2.45, 2.75) is 46.1 Å². The molecule has 0 fully saturated rings. The summed E-state index contributed by atoms with van der Waals surface area (Å²) in [5.41, 5.74) is 3.32. The van der Waals surface area contributed by atoms with E-state index in [1.165, 1.54) is 5.56 Å². The fourth-order valence-corrected chi connectivity index (χ4v) is 2.57. The molecule has 0 saturated carbocycles. The molecule has 1 unspecified atom stereocenters. The molecule has 0 spiro atoms. The fraction of sp³-hybridized carbons (Fsp3) is 0.429. The van der Waals surface area contributed by atoms with Crippen molar-refractivity contribution in [3.8, 4) is 11.5 Å². The first-order valence-electron chi connectivity index (χ1n) is 8.77. The van der Waals surface area contributed by atoms with E-state index in [1.54, 1.807) is 0 Å². The summed E-state index contributed by atoms with van der Waals surface area (Å²) in [6.45, 7) is 7.40. The first-order valence-corrected chi connectivity index (χ1v) is 8.77. The van der Waals surface area contributed by atoms with Gasteiger partial charge in [0.25, 0.3) is 0 Å². The summed E-state index contributed by atoms with van der Waals surface area (Å²) >= 11 is 0. The zero-order chi connectivity index (χ0) is 17.4. The third-order valence-corrected chi connectivity index (χ3v) is 3.94. The Morgan fingerprint density at radius 3 is 2.38 bits per heavy atom. The van der Waals surface area contributed by atoms with Crippen molar-refractivity contribution in [3.63, 3.8) is 0 Å². The number of hydrogen-bond donors (Lipinski definition) is 1. The van der Waals surface area contributed by atoms with Gasteiger partial charge in [-0.15, -0.1) is 0 Å². The van der Waals surface area contributed by atoms with Crippen molar-refractivity contribution in [1.82, 2.24) is 0 Å². The number of hydrogen-bond acceptors (Lipinski definition) is 3. The second kappa shape index (κ2) is 9.33. The summed E-state index contributed by atoms with van der Waals surface area (Å²) in [6, 6.07) is 14.1. The molecule has 0 amide bonds. The van der Waals surface area contributed by atoms with Crippen molar-refractivity contribution in [1.29, 1.82) is 0 Å². The molecule has 0 aliphatic carbocycles. The average molecular weight is 328 g/mol. The lowest BCUT2D eigenvalue weighted by Gasteiger charge is -2.14. The second-order valence-electron chi connectivity index (χ2n) is 6.03. The van der Waals surface area contributed by atoms with Gasteiger partial charge < -0.3 is 14.6 Å². The molecule has 0 aromatic heterocycles.